The van der Waals surface area contributed by atoms with Crippen LogP contribution in [-0.4, -0.2) is 23.4 Å². The highest BCUT2D eigenvalue weighted by Gasteiger charge is 2.35. The van der Waals surface area contributed by atoms with E-state index in [-0.39, 0.29) is 0 Å². The van der Waals surface area contributed by atoms with Gasteiger partial charge in [-0.15, -0.1) is 0 Å². The Morgan fingerprint density at radius 1 is 1.22 bits per heavy atom. The molecule has 0 fully saturated rings. The van der Waals surface area contributed by atoms with Crippen molar-refractivity contribution in [3.63, 3.8) is 0 Å². The lowest BCUT2D eigenvalue weighted by Crippen LogP contribution is -2.45. The zero-order valence-electron chi connectivity index (χ0n) is 11.4. The molecule has 0 aliphatic carbocycles. The molecule has 0 amide bonds. The number of hydrogen-bond acceptors (Lipinski definition) is 2. The molecule has 1 unspecified atom stereocenters. The van der Waals surface area contributed by atoms with Crippen LogP contribution in [0, 0.1) is 0 Å². The Bertz CT molecular complexity index is 361. The van der Waals surface area contributed by atoms with E-state index in [0.717, 1.165) is 22.9 Å². The van der Waals surface area contributed by atoms with Crippen molar-refractivity contribution in [2.75, 3.05) is 6.61 Å². The average Bonchev–Trinajstić information content (AvgIpc) is 2.38. The van der Waals surface area contributed by atoms with Gasteiger partial charge in [-0.3, -0.25) is 0 Å². The maximum absolute atomic E-state index is 10.5. The molecule has 0 aromatic heterocycles. The van der Waals surface area contributed by atoms with Gasteiger partial charge >= 0.3 is 0 Å². The molecule has 0 aliphatic rings. The van der Waals surface area contributed by atoms with Gasteiger partial charge in [-0.2, -0.15) is 0 Å². The van der Waals surface area contributed by atoms with E-state index in [0.29, 0.717) is 13.0 Å². The lowest BCUT2D eigenvalue weighted by molar-refractivity contribution is -0.124. The molecule has 1 aromatic carbocycles. The highest BCUT2D eigenvalue weighted by molar-refractivity contribution is 9.10. The number of aliphatic hydroxyl groups is 1. The summed E-state index contributed by atoms with van der Waals surface area (Å²) >= 11 is 3.52. The van der Waals surface area contributed by atoms with E-state index < -0.39 is 11.7 Å². The minimum Gasteiger partial charge on any atom is -0.390 e. The van der Waals surface area contributed by atoms with Crippen molar-refractivity contribution in [3.8, 4) is 0 Å². The van der Waals surface area contributed by atoms with Crippen molar-refractivity contribution < 1.29 is 9.84 Å². The third-order valence-corrected chi connectivity index (χ3v) is 4.38. The SMILES string of the molecule is CCOC(CC)(CC)C(O)Cc1ccccc1Br. The van der Waals surface area contributed by atoms with E-state index in [1.54, 1.807) is 0 Å². The Labute approximate surface area is 118 Å². The summed E-state index contributed by atoms with van der Waals surface area (Å²) in [5, 5.41) is 10.5. The monoisotopic (exact) mass is 314 g/mol. The van der Waals surface area contributed by atoms with Crippen LogP contribution in [0.3, 0.4) is 0 Å². The van der Waals surface area contributed by atoms with Gasteiger partial charge in [0.1, 0.15) is 0 Å². The molecule has 0 heterocycles. The van der Waals surface area contributed by atoms with Gasteiger partial charge in [0, 0.05) is 17.5 Å². The third kappa shape index (κ3) is 3.56. The molecule has 0 spiro atoms. The molecule has 3 heteroatoms. The van der Waals surface area contributed by atoms with Gasteiger partial charge in [0.05, 0.1) is 11.7 Å². The Morgan fingerprint density at radius 3 is 2.33 bits per heavy atom. The summed E-state index contributed by atoms with van der Waals surface area (Å²) in [5.74, 6) is 0. The highest BCUT2D eigenvalue weighted by Crippen LogP contribution is 2.29. The second-order valence-corrected chi connectivity index (χ2v) is 5.37. The van der Waals surface area contributed by atoms with E-state index in [2.05, 4.69) is 29.8 Å². The summed E-state index contributed by atoms with van der Waals surface area (Å²) in [5.41, 5.74) is 0.695. The smallest absolute Gasteiger partial charge is 0.0938 e. The predicted molar refractivity (Wildman–Crippen MR) is 78.8 cm³/mol. The predicted octanol–water partition coefficient (Wildman–Crippen LogP) is 3.95. The van der Waals surface area contributed by atoms with Crippen LogP contribution in [0.15, 0.2) is 28.7 Å². The van der Waals surface area contributed by atoms with Crippen LogP contribution >= 0.6 is 15.9 Å². The zero-order chi connectivity index (χ0) is 13.6. The van der Waals surface area contributed by atoms with Crippen molar-refractivity contribution >= 4 is 15.9 Å². The first-order chi connectivity index (χ1) is 8.59. The van der Waals surface area contributed by atoms with Gasteiger partial charge in [0.15, 0.2) is 0 Å². The summed E-state index contributed by atoms with van der Waals surface area (Å²) in [4.78, 5) is 0. The maximum Gasteiger partial charge on any atom is 0.0938 e. The molecule has 2 nitrogen and oxygen atoms in total. The fraction of sp³-hybridized carbons (Fsp3) is 0.600. The molecule has 1 rings (SSSR count). The maximum atomic E-state index is 10.5. The second kappa shape index (κ2) is 7.27. The quantitative estimate of drug-likeness (QED) is 0.825. The number of halogens is 1. The minimum atomic E-state index is -0.480. The number of aliphatic hydroxyl groups excluding tert-OH is 1. The van der Waals surface area contributed by atoms with E-state index in [9.17, 15) is 5.11 Å². The lowest BCUT2D eigenvalue weighted by atomic mass is 9.86. The summed E-state index contributed by atoms with van der Waals surface area (Å²) in [6, 6.07) is 8.01. The van der Waals surface area contributed by atoms with E-state index >= 15 is 0 Å². The molecular weight excluding hydrogens is 292 g/mol. The van der Waals surface area contributed by atoms with Crippen molar-refractivity contribution in [1.82, 2.24) is 0 Å². The van der Waals surface area contributed by atoms with E-state index in [1.807, 2.05) is 31.2 Å². The molecule has 102 valence electrons. The first-order valence-corrected chi connectivity index (χ1v) is 7.44. The van der Waals surface area contributed by atoms with E-state index in [1.165, 1.54) is 0 Å². The third-order valence-electron chi connectivity index (χ3n) is 3.61. The lowest BCUT2D eigenvalue weighted by Gasteiger charge is -2.36. The molecule has 1 atom stereocenters. The minimum absolute atomic E-state index is 0.427. The summed E-state index contributed by atoms with van der Waals surface area (Å²) in [6.07, 6.45) is 1.78. The first kappa shape index (κ1) is 15.7. The topological polar surface area (TPSA) is 29.5 Å². The van der Waals surface area contributed by atoms with Gasteiger partial charge in [-0.05, 0) is 31.4 Å². The number of benzene rings is 1. The first-order valence-electron chi connectivity index (χ1n) is 6.65. The second-order valence-electron chi connectivity index (χ2n) is 4.52. The molecule has 0 aliphatic heterocycles. The van der Waals surface area contributed by atoms with Gasteiger partial charge in [0.2, 0.25) is 0 Å². The molecule has 0 saturated heterocycles. The van der Waals surface area contributed by atoms with Gasteiger partial charge < -0.3 is 9.84 Å². The highest BCUT2D eigenvalue weighted by atomic mass is 79.9. The Kier molecular flexibility index (Phi) is 6.33. The fourth-order valence-corrected chi connectivity index (χ4v) is 2.81. The Hall–Kier alpha value is -0.380. The van der Waals surface area contributed by atoms with E-state index in [4.69, 9.17) is 4.74 Å². The Morgan fingerprint density at radius 2 is 1.83 bits per heavy atom. The van der Waals surface area contributed by atoms with Gasteiger partial charge in [-0.25, -0.2) is 0 Å². The van der Waals surface area contributed by atoms with Crippen LogP contribution in [0.2, 0.25) is 0 Å². The van der Waals surface area contributed by atoms with Gasteiger partial charge in [-0.1, -0.05) is 48.0 Å². The average molecular weight is 315 g/mol. The molecule has 1 aromatic rings. The normalized spacial score (nSPS) is 13.6. The van der Waals surface area contributed by atoms with Crippen molar-refractivity contribution in [1.29, 1.82) is 0 Å². The Balaban J connectivity index is 2.85. The molecule has 0 saturated carbocycles. The largest absolute Gasteiger partial charge is 0.390 e. The molecule has 18 heavy (non-hydrogen) atoms. The fourth-order valence-electron chi connectivity index (χ4n) is 2.37. The summed E-state index contributed by atoms with van der Waals surface area (Å²) in [7, 11) is 0. The van der Waals surface area contributed by atoms with Crippen LogP contribution in [-0.2, 0) is 11.2 Å². The molecule has 1 N–H and O–H groups in total. The van der Waals surface area contributed by atoms with Crippen LogP contribution < -0.4 is 0 Å². The van der Waals surface area contributed by atoms with Crippen LogP contribution in [0.1, 0.15) is 39.2 Å². The zero-order valence-corrected chi connectivity index (χ0v) is 13.0. The molecular formula is C15H23BrO2. The molecule has 0 radical (unpaired) electrons. The summed E-state index contributed by atoms with van der Waals surface area (Å²) in [6.45, 7) is 6.75. The summed E-state index contributed by atoms with van der Waals surface area (Å²) < 4.78 is 6.88. The van der Waals surface area contributed by atoms with Crippen molar-refractivity contribution in [2.24, 2.45) is 0 Å². The van der Waals surface area contributed by atoms with Crippen molar-refractivity contribution in [3.05, 3.63) is 34.3 Å². The van der Waals surface area contributed by atoms with Crippen LogP contribution in [0.25, 0.3) is 0 Å². The number of hydrogen-bond donors (Lipinski definition) is 1. The number of ether oxygens (including phenoxy) is 1. The number of rotatable bonds is 7. The molecule has 0 bridgehead atoms. The van der Waals surface area contributed by atoms with Crippen LogP contribution in [0.4, 0.5) is 0 Å². The van der Waals surface area contributed by atoms with Gasteiger partial charge in [0.25, 0.3) is 0 Å². The van der Waals surface area contributed by atoms with Crippen molar-refractivity contribution in [2.45, 2.75) is 51.7 Å². The van der Waals surface area contributed by atoms with Crippen LogP contribution in [0.5, 0.6) is 0 Å². The standard InChI is InChI=1S/C15H23BrO2/c1-4-15(5-2,18-6-3)14(17)11-12-9-7-8-10-13(12)16/h7-10,14,17H,4-6,11H2,1-3H3.